The third-order valence-electron chi connectivity index (χ3n) is 3.03. The summed E-state index contributed by atoms with van der Waals surface area (Å²) < 4.78 is 5.05. The zero-order valence-corrected chi connectivity index (χ0v) is 9.95. The molecule has 98 valence electrons. The Morgan fingerprint density at radius 1 is 1.22 bits per heavy atom. The van der Waals surface area contributed by atoms with Crippen LogP contribution in [0.3, 0.4) is 0 Å². The fourth-order valence-electron chi connectivity index (χ4n) is 2.04. The van der Waals surface area contributed by atoms with E-state index in [2.05, 4.69) is 5.32 Å². The Bertz CT molecular complexity index is 385. The number of aliphatic hydroxyl groups is 2. The summed E-state index contributed by atoms with van der Waals surface area (Å²) in [5, 5.41) is 21.3. The van der Waals surface area contributed by atoms with Crippen LogP contribution in [-0.2, 0) is 11.3 Å². The number of alkyl carbamates (subject to hydrolysis) is 1. The number of carbonyl (C=O) groups excluding carboxylic acids is 1. The van der Waals surface area contributed by atoms with Crippen LogP contribution in [0.5, 0.6) is 0 Å². The van der Waals surface area contributed by atoms with Gasteiger partial charge in [0.15, 0.2) is 0 Å². The van der Waals surface area contributed by atoms with E-state index in [1.54, 1.807) is 0 Å². The second-order valence-electron chi connectivity index (χ2n) is 4.51. The molecule has 1 fully saturated rings. The minimum atomic E-state index is -0.760. The topological polar surface area (TPSA) is 78.8 Å². The number of benzene rings is 1. The average molecular weight is 251 g/mol. The minimum Gasteiger partial charge on any atom is -0.445 e. The van der Waals surface area contributed by atoms with Gasteiger partial charge < -0.3 is 20.3 Å². The molecule has 3 N–H and O–H groups in total. The Kier molecular flexibility index (Phi) is 4.17. The van der Waals surface area contributed by atoms with Crippen molar-refractivity contribution in [3.63, 3.8) is 0 Å². The molecule has 2 unspecified atom stereocenters. The van der Waals surface area contributed by atoms with Gasteiger partial charge in [0.05, 0.1) is 12.2 Å². The summed E-state index contributed by atoms with van der Waals surface area (Å²) in [7, 11) is 0. The number of rotatable bonds is 3. The average Bonchev–Trinajstić information content (AvgIpc) is 2.67. The van der Waals surface area contributed by atoms with Gasteiger partial charge in [0.25, 0.3) is 0 Å². The number of hydrogen-bond acceptors (Lipinski definition) is 4. The highest BCUT2D eigenvalue weighted by Crippen LogP contribution is 2.19. The maximum Gasteiger partial charge on any atom is 0.407 e. The van der Waals surface area contributed by atoms with Crippen molar-refractivity contribution in [3.05, 3.63) is 35.9 Å². The summed E-state index contributed by atoms with van der Waals surface area (Å²) in [4.78, 5) is 11.5. The molecule has 18 heavy (non-hydrogen) atoms. The van der Waals surface area contributed by atoms with E-state index in [4.69, 9.17) is 4.74 Å². The molecule has 1 saturated carbocycles. The molecule has 1 amide bonds. The Labute approximate surface area is 105 Å². The molecule has 1 aromatic rings. The smallest absolute Gasteiger partial charge is 0.407 e. The lowest BCUT2D eigenvalue weighted by molar-refractivity contribution is 0.0438. The van der Waals surface area contributed by atoms with E-state index in [1.165, 1.54) is 0 Å². The van der Waals surface area contributed by atoms with Gasteiger partial charge >= 0.3 is 6.09 Å². The van der Waals surface area contributed by atoms with E-state index >= 15 is 0 Å². The SMILES string of the molecule is O=C(NC1CC(O)C(O)C1)OCc1ccccc1. The van der Waals surface area contributed by atoms with Crippen LogP contribution in [0.4, 0.5) is 4.79 Å². The van der Waals surface area contributed by atoms with Gasteiger partial charge in [-0.25, -0.2) is 4.79 Å². The molecule has 1 aliphatic carbocycles. The zero-order chi connectivity index (χ0) is 13.0. The number of aliphatic hydroxyl groups excluding tert-OH is 2. The fourth-order valence-corrected chi connectivity index (χ4v) is 2.04. The summed E-state index contributed by atoms with van der Waals surface area (Å²) in [5.41, 5.74) is 0.916. The number of carbonyl (C=O) groups is 1. The summed E-state index contributed by atoms with van der Waals surface area (Å²) >= 11 is 0. The van der Waals surface area contributed by atoms with E-state index < -0.39 is 18.3 Å². The molecule has 2 atom stereocenters. The lowest BCUT2D eigenvalue weighted by Gasteiger charge is -2.12. The molecule has 0 saturated heterocycles. The molecule has 0 spiro atoms. The van der Waals surface area contributed by atoms with E-state index in [-0.39, 0.29) is 12.6 Å². The third kappa shape index (κ3) is 3.45. The van der Waals surface area contributed by atoms with Crippen molar-refractivity contribution in [3.8, 4) is 0 Å². The normalized spacial score (nSPS) is 26.9. The number of nitrogens with one attached hydrogen (secondary N) is 1. The van der Waals surface area contributed by atoms with Gasteiger partial charge in [0, 0.05) is 6.04 Å². The lowest BCUT2D eigenvalue weighted by Crippen LogP contribution is -2.33. The minimum absolute atomic E-state index is 0.213. The quantitative estimate of drug-likeness (QED) is 0.742. The van der Waals surface area contributed by atoms with Crippen LogP contribution >= 0.6 is 0 Å². The number of ether oxygens (including phenoxy) is 1. The Hall–Kier alpha value is -1.59. The van der Waals surface area contributed by atoms with Crippen LogP contribution in [-0.4, -0.2) is 34.6 Å². The first-order valence-electron chi connectivity index (χ1n) is 5.98. The summed E-state index contributed by atoms with van der Waals surface area (Å²) in [6, 6.07) is 9.16. The molecule has 5 heteroatoms. The van der Waals surface area contributed by atoms with Crippen molar-refractivity contribution in [2.75, 3.05) is 0 Å². The van der Waals surface area contributed by atoms with Crippen LogP contribution < -0.4 is 5.32 Å². The van der Waals surface area contributed by atoms with Gasteiger partial charge in [-0.05, 0) is 18.4 Å². The first kappa shape index (κ1) is 12.9. The van der Waals surface area contributed by atoms with E-state index in [9.17, 15) is 15.0 Å². The predicted octanol–water partition coefficient (Wildman–Crippen LogP) is 0.797. The molecule has 2 rings (SSSR count). The zero-order valence-electron chi connectivity index (χ0n) is 9.95. The number of amides is 1. The third-order valence-corrected chi connectivity index (χ3v) is 3.03. The van der Waals surface area contributed by atoms with Gasteiger partial charge in [-0.2, -0.15) is 0 Å². The highest BCUT2D eigenvalue weighted by atomic mass is 16.5. The van der Waals surface area contributed by atoms with Gasteiger partial charge in [-0.1, -0.05) is 30.3 Å². The fraction of sp³-hybridized carbons (Fsp3) is 0.462. The van der Waals surface area contributed by atoms with Crippen molar-refractivity contribution in [2.24, 2.45) is 0 Å². The van der Waals surface area contributed by atoms with Gasteiger partial charge in [-0.15, -0.1) is 0 Å². The van der Waals surface area contributed by atoms with Crippen LogP contribution in [0.25, 0.3) is 0 Å². The van der Waals surface area contributed by atoms with Crippen molar-refractivity contribution in [2.45, 2.75) is 37.7 Å². The van der Waals surface area contributed by atoms with Crippen LogP contribution in [0.15, 0.2) is 30.3 Å². The second kappa shape index (κ2) is 5.84. The molecule has 1 aromatic carbocycles. The van der Waals surface area contributed by atoms with Crippen molar-refractivity contribution < 1.29 is 19.7 Å². The van der Waals surface area contributed by atoms with Gasteiger partial charge in [0.1, 0.15) is 6.61 Å². The van der Waals surface area contributed by atoms with E-state index in [0.29, 0.717) is 12.8 Å². The summed E-state index contributed by atoms with van der Waals surface area (Å²) in [6.07, 6.45) is -1.32. The molecule has 0 bridgehead atoms. The lowest BCUT2D eigenvalue weighted by atomic mass is 10.2. The summed E-state index contributed by atoms with van der Waals surface area (Å²) in [5.74, 6) is 0. The molecular formula is C13H17NO4. The van der Waals surface area contributed by atoms with Gasteiger partial charge in [-0.3, -0.25) is 0 Å². The maximum absolute atomic E-state index is 11.5. The van der Waals surface area contributed by atoms with Gasteiger partial charge in [0.2, 0.25) is 0 Å². The molecule has 0 aromatic heterocycles. The molecule has 5 nitrogen and oxygen atoms in total. The van der Waals surface area contributed by atoms with E-state index in [0.717, 1.165) is 5.56 Å². The first-order chi connectivity index (χ1) is 8.65. The van der Waals surface area contributed by atoms with Crippen LogP contribution in [0.2, 0.25) is 0 Å². The van der Waals surface area contributed by atoms with Crippen molar-refractivity contribution in [1.29, 1.82) is 0 Å². The van der Waals surface area contributed by atoms with Crippen molar-refractivity contribution in [1.82, 2.24) is 5.32 Å². The highest BCUT2D eigenvalue weighted by molar-refractivity contribution is 5.67. The molecule has 0 radical (unpaired) electrons. The molecular weight excluding hydrogens is 234 g/mol. The Balaban J connectivity index is 1.73. The van der Waals surface area contributed by atoms with E-state index in [1.807, 2.05) is 30.3 Å². The first-order valence-corrected chi connectivity index (χ1v) is 5.98. The standard InChI is InChI=1S/C13H17NO4/c15-11-6-10(7-12(11)16)14-13(17)18-8-9-4-2-1-3-5-9/h1-5,10-12,15-16H,6-8H2,(H,14,17). The second-order valence-corrected chi connectivity index (χ2v) is 4.51. The highest BCUT2D eigenvalue weighted by Gasteiger charge is 2.32. The predicted molar refractivity (Wildman–Crippen MR) is 64.8 cm³/mol. The van der Waals surface area contributed by atoms with Crippen LogP contribution in [0, 0.1) is 0 Å². The largest absolute Gasteiger partial charge is 0.445 e. The Morgan fingerprint density at radius 2 is 1.83 bits per heavy atom. The van der Waals surface area contributed by atoms with Crippen LogP contribution in [0.1, 0.15) is 18.4 Å². The Morgan fingerprint density at radius 3 is 2.44 bits per heavy atom. The molecule has 1 aliphatic rings. The summed E-state index contributed by atoms with van der Waals surface area (Å²) in [6.45, 7) is 0.213. The maximum atomic E-state index is 11.5. The van der Waals surface area contributed by atoms with Crippen molar-refractivity contribution >= 4 is 6.09 Å². The monoisotopic (exact) mass is 251 g/mol. The number of hydrogen-bond donors (Lipinski definition) is 3. The molecule has 0 aliphatic heterocycles. The molecule has 0 heterocycles.